The van der Waals surface area contributed by atoms with Crippen molar-refractivity contribution >= 4 is 17.6 Å². The highest BCUT2D eigenvalue weighted by atomic mass is 16.4. The molecule has 0 saturated carbocycles. The van der Waals surface area contributed by atoms with Gasteiger partial charge in [0.2, 0.25) is 0 Å². The van der Waals surface area contributed by atoms with Crippen LogP contribution in [0.15, 0.2) is 18.2 Å². The van der Waals surface area contributed by atoms with E-state index in [2.05, 4.69) is 10.6 Å². The van der Waals surface area contributed by atoms with E-state index in [9.17, 15) is 9.59 Å². The van der Waals surface area contributed by atoms with E-state index in [0.717, 1.165) is 24.2 Å². The molecule has 0 saturated heterocycles. The van der Waals surface area contributed by atoms with Crippen LogP contribution in [-0.4, -0.2) is 41.3 Å². The van der Waals surface area contributed by atoms with E-state index < -0.39 is 24.5 Å². The predicted molar refractivity (Wildman–Crippen MR) is 64.6 cm³/mol. The Bertz CT molecular complexity index is 487. The van der Waals surface area contributed by atoms with E-state index in [1.165, 1.54) is 0 Å². The Labute approximate surface area is 104 Å². The summed E-state index contributed by atoms with van der Waals surface area (Å²) < 4.78 is 0. The number of anilines is 1. The third-order valence-corrected chi connectivity index (χ3v) is 2.87. The van der Waals surface area contributed by atoms with Crippen molar-refractivity contribution in [1.29, 1.82) is 0 Å². The molecule has 0 aliphatic carbocycles. The van der Waals surface area contributed by atoms with Crippen LogP contribution in [0.3, 0.4) is 0 Å². The zero-order chi connectivity index (χ0) is 13.1. The Hall–Kier alpha value is -2.08. The van der Waals surface area contributed by atoms with Gasteiger partial charge in [0.1, 0.15) is 0 Å². The molecule has 96 valence electrons. The van der Waals surface area contributed by atoms with Gasteiger partial charge in [-0.15, -0.1) is 0 Å². The van der Waals surface area contributed by atoms with E-state index in [-0.39, 0.29) is 0 Å². The molecule has 1 amide bonds. The van der Waals surface area contributed by atoms with Gasteiger partial charge < -0.3 is 20.8 Å². The van der Waals surface area contributed by atoms with Gasteiger partial charge in [-0.2, -0.15) is 0 Å². The van der Waals surface area contributed by atoms with Crippen molar-refractivity contribution in [1.82, 2.24) is 5.32 Å². The predicted octanol–water partition coefficient (Wildman–Crippen LogP) is -0.170. The summed E-state index contributed by atoms with van der Waals surface area (Å²) in [7, 11) is 0. The zero-order valence-corrected chi connectivity index (χ0v) is 9.64. The van der Waals surface area contributed by atoms with Crippen LogP contribution in [0, 0.1) is 0 Å². The molecule has 18 heavy (non-hydrogen) atoms. The highest BCUT2D eigenvalue weighted by Crippen LogP contribution is 2.23. The second kappa shape index (κ2) is 5.05. The SMILES string of the molecule is O=C(NC(CO)C(=O)O)c1ccc2c(c1)NCC2. The molecule has 1 aliphatic rings. The molecule has 6 nitrogen and oxygen atoms in total. The number of carboxylic acid groups (broad SMARTS) is 1. The van der Waals surface area contributed by atoms with Crippen molar-refractivity contribution in [3.05, 3.63) is 29.3 Å². The normalized spacial score (nSPS) is 14.5. The lowest BCUT2D eigenvalue weighted by Gasteiger charge is -2.12. The fourth-order valence-corrected chi connectivity index (χ4v) is 1.86. The molecule has 1 atom stereocenters. The van der Waals surface area contributed by atoms with Crippen molar-refractivity contribution in [2.45, 2.75) is 12.5 Å². The van der Waals surface area contributed by atoms with Gasteiger partial charge in [0.15, 0.2) is 6.04 Å². The van der Waals surface area contributed by atoms with Crippen LogP contribution in [0.25, 0.3) is 0 Å². The Morgan fingerprint density at radius 1 is 1.44 bits per heavy atom. The number of nitrogens with one attached hydrogen (secondary N) is 2. The molecular weight excluding hydrogens is 236 g/mol. The van der Waals surface area contributed by atoms with E-state index in [1.807, 2.05) is 6.07 Å². The first kappa shape index (κ1) is 12.4. The van der Waals surface area contributed by atoms with Gasteiger partial charge in [-0.25, -0.2) is 4.79 Å². The molecule has 2 rings (SSSR count). The lowest BCUT2D eigenvalue weighted by atomic mass is 10.1. The van der Waals surface area contributed by atoms with Crippen LogP contribution in [0.5, 0.6) is 0 Å². The van der Waals surface area contributed by atoms with E-state index in [0.29, 0.717) is 5.56 Å². The Morgan fingerprint density at radius 3 is 2.89 bits per heavy atom. The smallest absolute Gasteiger partial charge is 0.328 e. The minimum atomic E-state index is -1.28. The summed E-state index contributed by atoms with van der Waals surface area (Å²) in [6, 6.07) is 3.91. The van der Waals surface area contributed by atoms with Crippen molar-refractivity contribution in [3.63, 3.8) is 0 Å². The third kappa shape index (κ3) is 2.43. The molecule has 1 unspecified atom stereocenters. The van der Waals surface area contributed by atoms with E-state index >= 15 is 0 Å². The number of hydrogen-bond donors (Lipinski definition) is 4. The van der Waals surface area contributed by atoms with Crippen molar-refractivity contribution in [3.8, 4) is 0 Å². The summed E-state index contributed by atoms with van der Waals surface area (Å²) in [6.45, 7) is 0.207. The van der Waals surface area contributed by atoms with Crippen LogP contribution in [0.1, 0.15) is 15.9 Å². The quantitative estimate of drug-likeness (QED) is 0.594. The third-order valence-electron chi connectivity index (χ3n) is 2.87. The highest BCUT2D eigenvalue weighted by molar-refractivity contribution is 5.97. The maximum atomic E-state index is 11.8. The lowest BCUT2D eigenvalue weighted by molar-refractivity contribution is -0.140. The molecule has 0 radical (unpaired) electrons. The molecule has 0 fully saturated rings. The molecule has 6 heteroatoms. The lowest BCUT2D eigenvalue weighted by Crippen LogP contribution is -2.43. The molecule has 1 aliphatic heterocycles. The van der Waals surface area contributed by atoms with Crippen LogP contribution in [0.2, 0.25) is 0 Å². The van der Waals surface area contributed by atoms with Crippen LogP contribution >= 0.6 is 0 Å². The van der Waals surface area contributed by atoms with Gasteiger partial charge in [-0.05, 0) is 24.1 Å². The van der Waals surface area contributed by atoms with Gasteiger partial charge in [-0.1, -0.05) is 6.07 Å². The number of aliphatic hydroxyl groups is 1. The number of rotatable bonds is 4. The maximum Gasteiger partial charge on any atom is 0.328 e. The number of hydrogen-bond acceptors (Lipinski definition) is 4. The number of carboxylic acids is 1. The van der Waals surface area contributed by atoms with Crippen molar-refractivity contribution in [2.24, 2.45) is 0 Å². The van der Waals surface area contributed by atoms with Crippen LogP contribution in [0.4, 0.5) is 5.69 Å². The van der Waals surface area contributed by atoms with Gasteiger partial charge >= 0.3 is 5.97 Å². The Morgan fingerprint density at radius 2 is 2.22 bits per heavy atom. The van der Waals surface area contributed by atoms with Gasteiger partial charge in [0.25, 0.3) is 5.91 Å². The summed E-state index contributed by atoms with van der Waals surface area (Å²) in [6.07, 6.45) is 0.922. The second-order valence-corrected chi connectivity index (χ2v) is 4.10. The standard InChI is InChI=1S/C12H14N2O4/c15-6-10(12(17)18)14-11(16)8-2-1-7-3-4-13-9(7)5-8/h1-2,5,10,13,15H,3-4,6H2,(H,14,16)(H,17,18). The van der Waals surface area contributed by atoms with Crippen molar-refractivity contribution < 1.29 is 19.8 Å². The molecule has 0 aromatic heterocycles. The summed E-state index contributed by atoms with van der Waals surface area (Å²) in [4.78, 5) is 22.5. The fourth-order valence-electron chi connectivity index (χ4n) is 1.86. The molecule has 0 bridgehead atoms. The summed E-state index contributed by atoms with van der Waals surface area (Å²) in [5, 5.41) is 23.0. The van der Waals surface area contributed by atoms with Crippen molar-refractivity contribution in [2.75, 3.05) is 18.5 Å². The second-order valence-electron chi connectivity index (χ2n) is 4.10. The Balaban J connectivity index is 2.12. The van der Waals surface area contributed by atoms with E-state index in [4.69, 9.17) is 10.2 Å². The summed E-state index contributed by atoms with van der Waals surface area (Å²) >= 11 is 0. The number of aliphatic carboxylic acids is 1. The number of fused-ring (bicyclic) bond motifs is 1. The van der Waals surface area contributed by atoms with Crippen LogP contribution < -0.4 is 10.6 Å². The largest absolute Gasteiger partial charge is 0.480 e. The minimum absolute atomic E-state index is 0.378. The van der Waals surface area contributed by atoms with Crippen LogP contribution in [-0.2, 0) is 11.2 Å². The first-order chi connectivity index (χ1) is 8.61. The first-order valence-electron chi connectivity index (χ1n) is 5.63. The number of carbonyl (C=O) groups excluding carboxylic acids is 1. The number of benzene rings is 1. The maximum absolute atomic E-state index is 11.8. The summed E-state index contributed by atoms with van der Waals surface area (Å²) in [5.41, 5.74) is 2.42. The molecule has 1 heterocycles. The highest BCUT2D eigenvalue weighted by Gasteiger charge is 2.20. The number of carbonyl (C=O) groups is 2. The number of aliphatic hydroxyl groups excluding tert-OH is 1. The fraction of sp³-hybridized carbons (Fsp3) is 0.333. The summed E-state index contributed by atoms with van der Waals surface area (Å²) in [5.74, 6) is -1.77. The molecule has 4 N–H and O–H groups in total. The Kier molecular flexibility index (Phi) is 3.47. The monoisotopic (exact) mass is 250 g/mol. The topological polar surface area (TPSA) is 98.7 Å². The van der Waals surface area contributed by atoms with Gasteiger partial charge in [-0.3, -0.25) is 4.79 Å². The first-order valence-corrected chi connectivity index (χ1v) is 5.63. The molecule has 1 aromatic rings. The van der Waals surface area contributed by atoms with Gasteiger partial charge in [0, 0.05) is 17.8 Å². The zero-order valence-electron chi connectivity index (χ0n) is 9.64. The average molecular weight is 250 g/mol. The minimum Gasteiger partial charge on any atom is -0.480 e. The average Bonchev–Trinajstić information content (AvgIpc) is 2.82. The molecular formula is C12H14N2O4. The molecule has 0 spiro atoms. The molecule has 1 aromatic carbocycles. The van der Waals surface area contributed by atoms with E-state index in [1.54, 1.807) is 12.1 Å². The van der Waals surface area contributed by atoms with Gasteiger partial charge in [0.05, 0.1) is 6.61 Å². The number of amides is 1.